The van der Waals surface area contributed by atoms with E-state index in [1.54, 1.807) is 24.3 Å². The predicted molar refractivity (Wildman–Crippen MR) is 140 cm³/mol. The fourth-order valence-corrected chi connectivity index (χ4v) is 4.20. The van der Waals surface area contributed by atoms with Gasteiger partial charge in [0.05, 0.1) is 6.61 Å². The summed E-state index contributed by atoms with van der Waals surface area (Å²) >= 11 is 3.48. The number of amides is 1. The number of halogens is 1. The number of para-hydroxylation sites is 1. The number of anilines is 1. The highest BCUT2D eigenvalue weighted by Crippen LogP contribution is 2.29. The van der Waals surface area contributed by atoms with Gasteiger partial charge in [-0.1, -0.05) is 52.3 Å². The fourth-order valence-electron chi connectivity index (χ4n) is 3.94. The highest BCUT2D eigenvalue weighted by atomic mass is 79.9. The smallest absolute Gasteiger partial charge is 0.266 e. The van der Waals surface area contributed by atoms with Gasteiger partial charge in [-0.25, -0.2) is 0 Å². The van der Waals surface area contributed by atoms with Gasteiger partial charge < -0.3 is 14.6 Å². The van der Waals surface area contributed by atoms with Crippen LogP contribution >= 0.6 is 15.9 Å². The van der Waals surface area contributed by atoms with Crippen molar-refractivity contribution in [2.24, 2.45) is 0 Å². The van der Waals surface area contributed by atoms with Crippen molar-refractivity contribution in [3.05, 3.63) is 99.7 Å². The van der Waals surface area contributed by atoms with Crippen molar-refractivity contribution < 1.29 is 9.53 Å². The van der Waals surface area contributed by atoms with Crippen molar-refractivity contribution in [1.29, 1.82) is 5.26 Å². The monoisotopic (exact) mass is 513 g/mol. The highest BCUT2D eigenvalue weighted by Gasteiger charge is 2.16. The van der Waals surface area contributed by atoms with E-state index in [0.717, 1.165) is 32.2 Å². The van der Waals surface area contributed by atoms with Crippen LogP contribution in [0.3, 0.4) is 0 Å². The Hall–Kier alpha value is -3.82. The van der Waals surface area contributed by atoms with Gasteiger partial charge in [0.2, 0.25) is 0 Å². The number of hydrogen-bond acceptors (Lipinski definition) is 3. The van der Waals surface area contributed by atoms with Gasteiger partial charge in [0.15, 0.2) is 0 Å². The molecule has 34 heavy (non-hydrogen) atoms. The second kappa shape index (κ2) is 10.4. The highest BCUT2D eigenvalue weighted by molar-refractivity contribution is 9.10. The maximum Gasteiger partial charge on any atom is 0.266 e. The lowest BCUT2D eigenvalue weighted by Gasteiger charge is -2.09. The Bertz CT molecular complexity index is 1410. The molecule has 3 aromatic carbocycles. The lowest BCUT2D eigenvalue weighted by Crippen LogP contribution is -2.13. The van der Waals surface area contributed by atoms with Crippen LogP contribution in [0.5, 0.6) is 5.75 Å². The topological polar surface area (TPSA) is 67.0 Å². The van der Waals surface area contributed by atoms with Gasteiger partial charge >= 0.3 is 0 Å². The van der Waals surface area contributed by atoms with Crippen LogP contribution in [0.4, 0.5) is 5.69 Å². The van der Waals surface area contributed by atoms with Crippen LogP contribution in [0.25, 0.3) is 17.0 Å². The van der Waals surface area contributed by atoms with Gasteiger partial charge in [-0.15, -0.1) is 0 Å². The minimum atomic E-state index is -0.458. The zero-order valence-electron chi connectivity index (χ0n) is 19.0. The van der Waals surface area contributed by atoms with Crippen molar-refractivity contribution in [1.82, 2.24) is 4.57 Å². The maximum absolute atomic E-state index is 12.9. The Kier molecular flexibility index (Phi) is 7.15. The summed E-state index contributed by atoms with van der Waals surface area (Å²) in [5.74, 6) is 0.204. The molecule has 4 rings (SSSR count). The van der Waals surface area contributed by atoms with E-state index >= 15 is 0 Å². The summed E-state index contributed by atoms with van der Waals surface area (Å²) in [6.45, 7) is 5.14. The van der Waals surface area contributed by atoms with Crippen LogP contribution < -0.4 is 10.1 Å². The number of carbonyl (C=O) groups excluding carboxylic acids is 1. The van der Waals surface area contributed by atoms with E-state index in [1.807, 2.05) is 50.2 Å². The van der Waals surface area contributed by atoms with Crippen LogP contribution in [-0.4, -0.2) is 17.1 Å². The standard InChI is InChI=1S/C28H24BrN3O2/c1-3-34-24-8-6-7-23(16-24)31-28(33)21(17-30)15-26-19(2)32(27-10-5-4-9-25(26)27)18-20-11-13-22(29)14-12-20/h4-16H,3,18H2,1-2H3,(H,31,33). The molecular formula is C28H24BrN3O2. The molecule has 5 nitrogen and oxygen atoms in total. The van der Waals surface area contributed by atoms with Gasteiger partial charge in [0.25, 0.3) is 5.91 Å². The first-order valence-corrected chi connectivity index (χ1v) is 11.8. The van der Waals surface area contributed by atoms with E-state index < -0.39 is 5.91 Å². The number of hydrogen-bond donors (Lipinski definition) is 1. The lowest BCUT2D eigenvalue weighted by atomic mass is 10.1. The van der Waals surface area contributed by atoms with E-state index in [1.165, 1.54) is 0 Å². The number of nitriles is 1. The third-order valence-electron chi connectivity index (χ3n) is 5.59. The first-order valence-electron chi connectivity index (χ1n) is 11.0. The van der Waals surface area contributed by atoms with E-state index in [0.29, 0.717) is 24.6 Å². The van der Waals surface area contributed by atoms with E-state index in [9.17, 15) is 10.1 Å². The van der Waals surface area contributed by atoms with Gasteiger partial charge in [-0.05, 0) is 55.8 Å². The Morgan fingerprint density at radius 2 is 1.88 bits per heavy atom. The number of rotatable bonds is 7. The number of fused-ring (bicyclic) bond motifs is 1. The molecule has 0 atom stereocenters. The van der Waals surface area contributed by atoms with Gasteiger partial charge in [0.1, 0.15) is 17.4 Å². The minimum Gasteiger partial charge on any atom is -0.494 e. The molecule has 0 fully saturated rings. The van der Waals surface area contributed by atoms with Crippen molar-refractivity contribution in [2.45, 2.75) is 20.4 Å². The lowest BCUT2D eigenvalue weighted by molar-refractivity contribution is -0.112. The van der Waals surface area contributed by atoms with Gasteiger partial charge in [0, 0.05) is 44.9 Å². The zero-order chi connectivity index (χ0) is 24.1. The Morgan fingerprint density at radius 1 is 1.12 bits per heavy atom. The van der Waals surface area contributed by atoms with Crippen LogP contribution in [0.15, 0.2) is 82.8 Å². The van der Waals surface area contributed by atoms with E-state index in [4.69, 9.17) is 4.74 Å². The molecule has 0 radical (unpaired) electrons. The number of benzene rings is 3. The molecule has 6 heteroatoms. The summed E-state index contributed by atoms with van der Waals surface area (Å²) in [5.41, 5.74) is 4.68. The molecule has 1 amide bonds. The summed E-state index contributed by atoms with van der Waals surface area (Å²) in [7, 11) is 0. The Labute approximate surface area is 207 Å². The largest absolute Gasteiger partial charge is 0.494 e. The molecule has 0 saturated heterocycles. The molecule has 0 unspecified atom stereocenters. The molecule has 0 aliphatic rings. The molecule has 0 spiro atoms. The number of nitrogens with one attached hydrogen (secondary N) is 1. The van der Waals surface area contributed by atoms with Gasteiger partial charge in [-0.2, -0.15) is 5.26 Å². The first kappa shape index (κ1) is 23.3. The maximum atomic E-state index is 12.9. The summed E-state index contributed by atoms with van der Waals surface area (Å²) in [4.78, 5) is 12.9. The molecule has 1 heterocycles. The SMILES string of the molecule is CCOc1cccc(NC(=O)C(C#N)=Cc2c(C)n(Cc3ccc(Br)cc3)c3ccccc23)c1. The van der Waals surface area contributed by atoms with Crippen LogP contribution in [0.1, 0.15) is 23.7 Å². The van der Waals surface area contributed by atoms with Crippen molar-refractivity contribution in [3.63, 3.8) is 0 Å². The average molecular weight is 514 g/mol. The second-order valence-corrected chi connectivity index (χ2v) is 8.73. The number of aromatic nitrogens is 1. The van der Waals surface area contributed by atoms with Crippen LogP contribution in [0.2, 0.25) is 0 Å². The summed E-state index contributed by atoms with van der Waals surface area (Å²) in [6, 6.07) is 25.5. The van der Waals surface area contributed by atoms with Gasteiger partial charge in [-0.3, -0.25) is 4.79 Å². The molecule has 0 aliphatic carbocycles. The quantitative estimate of drug-likeness (QED) is 0.220. The Morgan fingerprint density at radius 3 is 2.62 bits per heavy atom. The number of nitrogens with zero attached hydrogens (tertiary/aromatic N) is 2. The molecule has 4 aromatic rings. The first-order chi connectivity index (χ1) is 16.5. The molecule has 170 valence electrons. The summed E-state index contributed by atoms with van der Waals surface area (Å²) in [6.07, 6.45) is 1.68. The number of carbonyl (C=O) groups is 1. The fraction of sp³-hybridized carbons (Fsp3) is 0.143. The van der Waals surface area contributed by atoms with Crippen molar-refractivity contribution in [2.75, 3.05) is 11.9 Å². The third-order valence-corrected chi connectivity index (χ3v) is 6.12. The minimum absolute atomic E-state index is 0.0384. The molecule has 0 aliphatic heterocycles. The average Bonchev–Trinajstić information content (AvgIpc) is 3.10. The van der Waals surface area contributed by atoms with Crippen molar-refractivity contribution in [3.8, 4) is 11.8 Å². The molecule has 0 saturated carbocycles. The molecule has 0 bridgehead atoms. The van der Waals surface area contributed by atoms with E-state index in [-0.39, 0.29) is 5.57 Å². The van der Waals surface area contributed by atoms with Crippen LogP contribution in [-0.2, 0) is 11.3 Å². The molecule has 1 aromatic heterocycles. The zero-order valence-corrected chi connectivity index (χ0v) is 20.6. The van der Waals surface area contributed by atoms with E-state index in [2.05, 4.69) is 50.1 Å². The third kappa shape index (κ3) is 5.05. The van der Waals surface area contributed by atoms with Crippen molar-refractivity contribution >= 4 is 44.5 Å². The summed E-state index contributed by atoms with van der Waals surface area (Å²) in [5, 5.41) is 13.6. The molecule has 1 N–H and O–H groups in total. The predicted octanol–water partition coefficient (Wildman–Crippen LogP) is 6.70. The normalized spacial score (nSPS) is 11.3. The number of ether oxygens (including phenoxy) is 1. The molecular weight excluding hydrogens is 490 g/mol. The summed E-state index contributed by atoms with van der Waals surface area (Å²) < 4.78 is 8.74. The Balaban J connectivity index is 1.69. The van der Waals surface area contributed by atoms with Crippen LogP contribution in [0, 0.1) is 18.3 Å². The second-order valence-electron chi connectivity index (χ2n) is 7.81.